The van der Waals surface area contributed by atoms with Gasteiger partial charge in [-0.05, 0) is 59.3 Å². The number of halogens is 1. The fourth-order valence-electron chi connectivity index (χ4n) is 2.14. The van der Waals surface area contributed by atoms with Crippen LogP contribution in [0.4, 0.5) is 0 Å². The van der Waals surface area contributed by atoms with Crippen LogP contribution in [0, 0.1) is 10.5 Å². The number of nitrogens with zero attached hydrogens (tertiary/aromatic N) is 2. The summed E-state index contributed by atoms with van der Waals surface area (Å²) in [6.07, 6.45) is 5.48. The Balaban J connectivity index is 0.000000185. The molecule has 0 fully saturated rings. The molecular weight excluding hydrogens is 435 g/mol. The van der Waals surface area contributed by atoms with Gasteiger partial charge in [0.15, 0.2) is 0 Å². The van der Waals surface area contributed by atoms with Gasteiger partial charge in [0.1, 0.15) is 0 Å². The number of carboxylic acid groups (broad SMARTS) is 2. The molecule has 2 aromatic carbocycles. The van der Waals surface area contributed by atoms with E-state index < -0.39 is 11.9 Å². The van der Waals surface area contributed by atoms with Crippen LogP contribution in [0.2, 0.25) is 0 Å². The molecule has 6 nitrogen and oxygen atoms in total. The van der Waals surface area contributed by atoms with Crippen molar-refractivity contribution in [1.29, 1.82) is 0 Å². The molecule has 3 rings (SSSR count). The average Bonchev–Trinajstić information content (AvgIpc) is 3.12. The minimum absolute atomic E-state index is 0.0364. The number of aromatic carboxylic acids is 2. The maximum absolute atomic E-state index is 10.8. The van der Waals surface area contributed by atoms with Crippen molar-refractivity contribution in [1.82, 2.24) is 9.55 Å². The van der Waals surface area contributed by atoms with Crippen molar-refractivity contribution in [3.63, 3.8) is 0 Å². The number of hydrogen-bond acceptors (Lipinski definition) is 3. The zero-order valence-electron chi connectivity index (χ0n) is 13.3. The van der Waals surface area contributed by atoms with Gasteiger partial charge in [-0.2, -0.15) is 0 Å². The van der Waals surface area contributed by atoms with Crippen LogP contribution in [-0.4, -0.2) is 31.7 Å². The van der Waals surface area contributed by atoms with E-state index in [2.05, 4.69) is 4.98 Å². The molecule has 0 saturated carbocycles. The van der Waals surface area contributed by atoms with Gasteiger partial charge >= 0.3 is 11.9 Å². The Labute approximate surface area is 157 Å². The minimum atomic E-state index is -1.11. The maximum Gasteiger partial charge on any atom is 0.336 e. The Morgan fingerprint density at radius 2 is 1.60 bits per heavy atom. The second-order valence-electron chi connectivity index (χ2n) is 5.04. The summed E-state index contributed by atoms with van der Waals surface area (Å²) in [5.41, 5.74) is 1.50. The molecule has 0 saturated heterocycles. The van der Waals surface area contributed by atoms with E-state index in [9.17, 15) is 9.59 Å². The largest absolute Gasteiger partial charge is 0.478 e. The first-order valence-corrected chi connectivity index (χ1v) is 8.28. The molecule has 25 heavy (non-hydrogen) atoms. The van der Waals surface area contributed by atoms with E-state index in [0.29, 0.717) is 3.57 Å². The van der Waals surface area contributed by atoms with Crippen LogP contribution in [-0.2, 0) is 0 Å². The Morgan fingerprint density at radius 3 is 2.04 bits per heavy atom. The molecule has 0 amide bonds. The van der Waals surface area contributed by atoms with Gasteiger partial charge in [0.25, 0.3) is 0 Å². The molecule has 2 N–H and O–H groups in total. The Bertz CT molecular complexity index is 842. The Morgan fingerprint density at radius 1 is 1.04 bits per heavy atom. The van der Waals surface area contributed by atoms with Crippen LogP contribution in [0.1, 0.15) is 26.3 Å². The van der Waals surface area contributed by atoms with Crippen LogP contribution in [0.15, 0.2) is 61.2 Å². The van der Waals surface area contributed by atoms with Crippen LogP contribution in [0.5, 0.6) is 0 Å². The topological polar surface area (TPSA) is 92.4 Å². The van der Waals surface area contributed by atoms with E-state index in [1.165, 1.54) is 19.1 Å². The average molecular weight is 450 g/mol. The lowest BCUT2D eigenvalue weighted by Crippen LogP contribution is -2.07. The zero-order chi connectivity index (χ0) is 18.4. The van der Waals surface area contributed by atoms with E-state index >= 15 is 0 Å². The molecule has 3 aromatic rings. The number of carbonyl (C=O) groups is 2. The third-order valence-corrected chi connectivity index (χ3v) is 4.01. The van der Waals surface area contributed by atoms with Gasteiger partial charge in [0.05, 0.1) is 17.5 Å². The van der Waals surface area contributed by atoms with Gasteiger partial charge in [0, 0.05) is 21.7 Å². The molecule has 0 atom stereocenters. The predicted octanol–water partition coefficient (Wildman–Crippen LogP) is 3.87. The molecule has 1 aromatic heterocycles. The lowest BCUT2D eigenvalue weighted by atomic mass is 10.0. The van der Waals surface area contributed by atoms with E-state index in [4.69, 9.17) is 10.2 Å². The molecule has 0 bridgehead atoms. The second-order valence-corrected chi connectivity index (χ2v) is 6.29. The molecule has 0 aliphatic carbocycles. The van der Waals surface area contributed by atoms with Gasteiger partial charge in [-0.25, -0.2) is 14.6 Å². The first-order valence-electron chi connectivity index (χ1n) is 7.20. The highest BCUT2D eigenvalue weighted by atomic mass is 127. The van der Waals surface area contributed by atoms with Crippen molar-refractivity contribution in [3.05, 3.63) is 81.4 Å². The third kappa shape index (κ3) is 4.90. The quantitative estimate of drug-likeness (QED) is 0.592. The van der Waals surface area contributed by atoms with E-state index in [1.54, 1.807) is 12.5 Å². The number of aromatic nitrogens is 2. The minimum Gasteiger partial charge on any atom is -0.478 e. The molecule has 128 valence electrons. The lowest BCUT2D eigenvalue weighted by Gasteiger charge is -2.05. The summed E-state index contributed by atoms with van der Waals surface area (Å²) in [4.78, 5) is 25.5. The van der Waals surface area contributed by atoms with Gasteiger partial charge in [-0.1, -0.05) is 18.2 Å². The van der Waals surface area contributed by atoms with Crippen molar-refractivity contribution in [3.8, 4) is 5.69 Å². The van der Waals surface area contributed by atoms with Crippen molar-refractivity contribution in [2.45, 2.75) is 6.92 Å². The second kappa shape index (κ2) is 8.43. The van der Waals surface area contributed by atoms with Crippen LogP contribution < -0.4 is 0 Å². The Hall–Kier alpha value is -2.68. The monoisotopic (exact) mass is 450 g/mol. The van der Waals surface area contributed by atoms with Crippen LogP contribution in [0.3, 0.4) is 0 Å². The number of para-hydroxylation sites is 1. The smallest absolute Gasteiger partial charge is 0.336 e. The molecule has 0 radical (unpaired) electrons. The maximum atomic E-state index is 10.8. The summed E-state index contributed by atoms with van der Waals surface area (Å²) in [5, 5.41) is 17.6. The van der Waals surface area contributed by atoms with Crippen LogP contribution in [0.25, 0.3) is 5.69 Å². The highest BCUT2D eigenvalue weighted by molar-refractivity contribution is 14.1. The standard InChI is InChI=1S/C9H7IO4.C9H8N2/c1-4-6(8(11)12)2-5(10)3-7(4)9(13)14;1-2-4-9(5-3-1)11-7-6-10-8-11/h2-3H,1H3,(H,11,12)(H,13,14);1-8H. The van der Waals surface area contributed by atoms with Crippen molar-refractivity contribution >= 4 is 34.5 Å². The first-order chi connectivity index (χ1) is 11.9. The number of rotatable bonds is 3. The summed E-state index contributed by atoms with van der Waals surface area (Å²) in [6, 6.07) is 13.0. The Kier molecular flexibility index (Phi) is 6.29. The third-order valence-electron chi connectivity index (χ3n) is 3.39. The molecule has 0 aliphatic heterocycles. The molecule has 0 aliphatic rings. The van der Waals surface area contributed by atoms with Crippen molar-refractivity contribution in [2.75, 3.05) is 0 Å². The number of imidazole rings is 1. The number of benzene rings is 2. The molecule has 7 heteroatoms. The van der Waals surface area contributed by atoms with Crippen molar-refractivity contribution in [2.24, 2.45) is 0 Å². The SMILES string of the molecule is Cc1c(C(=O)O)cc(I)cc1C(=O)O.c1ccc(-n2ccnc2)cc1. The van der Waals surface area contributed by atoms with Gasteiger partial charge < -0.3 is 14.8 Å². The summed E-state index contributed by atoms with van der Waals surface area (Å²) < 4.78 is 2.57. The van der Waals surface area contributed by atoms with Crippen LogP contribution >= 0.6 is 22.6 Å². The van der Waals surface area contributed by atoms with E-state index in [0.717, 1.165) is 5.69 Å². The molecule has 0 spiro atoms. The highest BCUT2D eigenvalue weighted by Gasteiger charge is 2.15. The fraction of sp³-hybridized carbons (Fsp3) is 0.0556. The molecular formula is C18H15IN2O4. The molecule has 0 unspecified atom stereocenters. The normalized spacial score (nSPS) is 9.84. The van der Waals surface area contributed by atoms with Gasteiger partial charge in [-0.15, -0.1) is 0 Å². The first kappa shape index (κ1) is 18.7. The number of hydrogen-bond donors (Lipinski definition) is 2. The summed E-state index contributed by atoms with van der Waals surface area (Å²) >= 11 is 1.89. The van der Waals surface area contributed by atoms with Gasteiger partial charge in [0.2, 0.25) is 0 Å². The van der Waals surface area contributed by atoms with E-state index in [1.807, 2.05) is 63.7 Å². The van der Waals surface area contributed by atoms with Crippen molar-refractivity contribution < 1.29 is 19.8 Å². The fourth-order valence-corrected chi connectivity index (χ4v) is 2.76. The lowest BCUT2D eigenvalue weighted by molar-refractivity contribution is 0.0696. The summed E-state index contributed by atoms with van der Waals surface area (Å²) in [7, 11) is 0. The zero-order valence-corrected chi connectivity index (χ0v) is 15.4. The number of carboxylic acids is 2. The highest BCUT2D eigenvalue weighted by Crippen LogP contribution is 2.18. The molecule has 1 heterocycles. The predicted molar refractivity (Wildman–Crippen MR) is 101 cm³/mol. The van der Waals surface area contributed by atoms with E-state index in [-0.39, 0.29) is 16.7 Å². The van der Waals surface area contributed by atoms with Gasteiger partial charge in [-0.3, -0.25) is 0 Å². The summed E-state index contributed by atoms with van der Waals surface area (Å²) in [6.45, 7) is 1.49. The summed E-state index contributed by atoms with van der Waals surface area (Å²) in [5.74, 6) is -2.22.